The van der Waals surface area contributed by atoms with E-state index in [0.29, 0.717) is 5.39 Å². The first kappa shape index (κ1) is 26.9. The van der Waals surface area contributed by atoms with Gasteiger partial charge >= 0.3 is 11.9 Å². The number of aromatic nitrogens is 1. The van der Waals surface area contributed by atoms with Gasteiger partial charge in [0.2, 0.25) is 11.8 Å². The van der Waals surface area contributed by atoms with Gasteiger partial charge in [0.15, 0.2) is 0 Å². The number of ether oxygens (including phenoxy) is 2. The van der Waals surface area contributed by atoms with Crippen molar-refractivity contribution in [2.45, 2.75) is 72.1 Å². The number of benzene rings is 1. The van der Waals surface area contributed by atoms with E-state index in [9.17, 15) is 24.8 Å². The number of aliphatic carboxylic acids is 1. The fourth-order valence-electron chi connectivity index (χ4n) is 4.35. The lowest BCUT2D eigenvalue weighted by Gasteiger charge is -2.34. The average molecular weight is 496 g/mol. The van der Waals surface area contributed by atoms with Crippen molar-refractivity contribution in [1.29, 1.82) is 5.26 Å². The zero-order chi connectivity index (χ0) is 26.8. The molecule has 1 amide bonds. The van der Waals surface area contributed by atoms with Gasteiger partial charge in [-0.05, 0) is 43.7 Å². The largest absolute Gasteiger partial charge is 0.480 e. The minimum absolute atomic E-state index is 0.0173. The van der Waals surface area contributed by atoms with E-state index >= 15 is 0 Å². The lowest BCUT2D eigenvalue weighted by Crippen LogP contribution is -2.47. The number of hydrogen-bond donors (Lipinski definition) is 1. The van der Waals surface area contributed by atoms with Crippen LogP contribution in [0, 0.1) is 22.7 Å². The summed E-state index contributed by atoms with van der Waals surface area (Å²) in [7, 11) is 0. The molecule has 0 radical (unpaired) electrons. The molecule has 1 N–H and O–H groups in total. The summed E-state index contributed by atoms with van der Waals surface area (Å²) in [5, 5.41) is 20.7. The van der Waals surface area contributed by atoms with Gasteiger partial charge in [0.25, 0.3) is 0 Å². The first-order chi connectivity index (χ1) is 16.7. The fraction of sp³-hybridized carbons (Fsp3) is 0.519. The molecule has 9 heteroatoms. The Morgan fingerprint density at radius 3 is 2.44 bits per heavy atom. The van der Waals surface area contributed by atoms with Crippen LogP contribution in [0.2, 0.25) is 0 Å². The highest BCUT2D eigenvalue weighted by atomic mass is 16.6. The van der Waals surface area contributed by atoms with Crippen molar-refractivity contribution in [1.82, 2.24) is 9.88 Å². The highest BCUT2D eigenvalue weighted by Gasteiger charge is 2.46. The molecular weight excluding hydrogens is 462 g/mol. The molecule has 0 unspecified atom stereocenters. The number of amides is 1. The average Bonchev–Trinajstić information content (AvgIpc) is 3.19. The molecular formula is C27H33N3O6. The van der Waals surface area contributed by atoms with Crippen molar-refractivity contribution in [3.8, 4) is 11.9 Å². The van der Waals surface area contributed by atoms with Crippen molar-refractivity contribution in [2.75, 3.05) is 6.54 Å². The number of likely N-dealkylation sites (tertiary alicyclic amines) is 1. The minimum Gasteiger partial charge on any atom is -0.480 e. The molecule has 0 bridgehead atoms. The summed E-state index contributed by atoms with van der Waals surface area (Å²) in [5.74, 6) is -2.67. The van der Waals surface area contributed by atoms with Crippen molar-refractivity contribution in [3.05, 3.63) is 36.0 Å². The Labute approximate surface area is 211 Å². The molecule has 3 atom stereocenters. The number of carboxylic acids is 1. The zero-order valence-corrected chi connectivity index (χ0v) is 21.6. The van der Waals surface area contributed by atoms with Crippen molar-refractivity contribution in [3.63, 3.8) is 0 Å². The van der Waals surface area contributed by atoms with Gasteiger partial charge in [0.05, 0.1) is 18.9 Å². The summed E-state index contributed by atoms with van der Waals surface area (Å²) < 4.78 is 11.5. The van der Waals surface area contributed by atoms with Gasteiger partial charge in [-0.2, -0.15) is 5.26 Å². The van der Waals surface area contributed by atoms with Crippen LogP contribution < -0.4 is 4.74 Å². The van der Waals surface area contributed by atoms with Crippen LogP contribution in [0.3, 0.4) is 0 Å². The molecule has 1 fully saturated rings. The first-order valence-corrected chi connectivity index (χ1v) is 11.9. The number of rotatable bonds is 6. The molecule has 3 rings (SSSR count). The van der Waals surface area contributed by atoms with Gasteiger partial charge in [-0.3, -0.25) is 9.59 Å². The Morgan fingerprint density at radius 2 is 1.86 bits per heavy atom. The van der Waals surface area contributed by atoms with E-state index in [-0.39, 0.29) is 31.0 Å². The smallest absolute Gasteiger partial charge is 0.326 e. The predicted molar refractivity (Wildman–Crippen MR) is 132 cm³/mol. The van der Waals surface area contributed by atoms with Gasteiger partial charge in [0, 0.05) is 11.8 Å². The molecule has 0 spiro atoms. The van der Waals surface area contributed by atoms with Crippen LogP contribution in [0.4, 0.5) is 0 Å². The quantitative estimate of drug-likeness (QED) is 0.597. The molecule has 1 aliphatic heterocycles. The molecule has 36 heavy (non-hydrogen) atoms. The van der Waals surface area contributed by atoms with E-state index in [2.05, 4.69) is 4.98 Å². The van der Waals surface area contributed by atoms with Crippen LogP contribution in [0.25, 0.3) is 10.8 Å². The predicted octanol–water partition coefficient (Wildman–Crippen LogP) is 3.93. The molecule has 192 valence electrons. The van der Waals surface area contributed by atoms with Crippen LogP contribution in [-0.2, 0) is 19.1 Å². The van der Waals surface area contributed by atoms with Gasteiger partial charge in [-0.1, -0.05) is 39.0 Å². The molecule has 1 saturated heterocycles. The van der Waals surface area contributed by atoms with Gasteiger partial charge in [-0.15, -0.1) is 0 Å². The summed E-state index contributed by atoms with van der Waals surface area (Å²) in [5.41, 5.74) is -1.14. The second-order valence-corrected chi connectivity index (χ2v) is 11.2. The van der Waals surface area contributed by atoms with E-state index < -0.39 is 46.9 Å². The maximum Gasteiger partial charge on any atom is 0.326 e. The van der Waals surface area contributed by atoms with E-state index in [0.717, 1.165) is 5.39 Å². The molecule has 1 aromatic heterocycles. The number of nitriles is 1. The van der Waals surface area contributed by atoms with E-state index in [4.69, 9.17) is 9.47 Å². The first-order valence-electron chi connectivity index (χ1n) is 11.9. The maximum atomic E-state index is 13.7. The van der Waals surface area contributed by atoms with Crippen LogP contribution in [0.15, 0.2) is 30.3 Å². The molecule has 9 nitrogen and oxygen atoms in total. The topological polar surface area (TPSA) is 130 Å². The molecule has 2 heterocycles. The van der Waals surface area contributed by atoms with Crippen molar-refractivity contribution < 1.29 is 29.0 Å². The third-order valence-corrected chi connectivity index (χ3v) is 6.06. The highest BCUT2D eigenvalue weighted by Crippen LogP contribution is 2.35. The summed E-state index contributed by atoms with van der Waals surface area (Å²) in [6.07, 6.45) is -0.760. The second-order valence-electron chi connectivity index (χ2n) is 11.2. The Morgan fingerprint density at radius 1 is 1.19 bits per heavy atom. The number of carbonyl (C=O) groups is 3. The Hall–Kier alpha value is -3.67. The third kappa shape index (κ3) is 6.30. The number of carboxylic acid groups (broad SMARTS) is 1. The highest BCUT2D eigenvalue weighted by molar-refractivity contribution is 5.89. The Balaban J connectivity index is 1.87. The summed E-state index contributed by atoms with van der Waals surface area (Å²) >= 11 is 0. The van der Waals surface area contributed by atoms with Crippen LogP contribution >= 0.6 is 0 Å². The third-order valence-electron chi connectivity index (χ3n) is 6.06. The number of carbonyl (C=O) groups excluding carboxylic acids is 2. The Kier molecular flexibility index (Phi) is 7.58. The van der Waals surface area contributed by atoms with Gasteiger partial charge in [0.1, 0.15) is 29.5 Å². The summed E-state index contributed by atoms with van der Waals surface area (Å²) in [4.78, 5) is 43.9. The summed E-state index contributed by atoms with van der Waals surface area (Å²) in [6.45, 7) is 10.8. The van der Waals surface area contributed by atoms with Crippen LogP contribution in [0.5, 0.6) is 5.88 Å². The number of hydrogen-bond acceptors (Lipinski definition) is 7. The van der Waals surface area contributed by atoms with Crippen molar-refractivity contribution in [2.24, 2.45) is 11.3 Å². The maximum absolute atomic E-state index is 13.7. The lowest BCUT2D eigenvalue weighted by molar-refractivity contribution is -0.161. The normalized spacial score (nSPS) is 19.0. The Bertz CT molecular complexity index is 1200. The van der Waals surface area contributed by atoms with Gasteiger partial charge in [-0.25, -0.2) is 9.78 Å². The molecule has 0 aliphatic carbocycles. The van der Waals surface area contributed by atoms with E-state index in [1.54, 1.807) is 26.8 Å². The number of fused-ring (bicyclic) bond motifs is 1. The standard InChI is InChI=1S/C27H33N3O6/c1-26(2,3)20(13-22(31)36-27(4,5)6)24(32)30-15-18(12-21(30)25(33)34)35-23-19-10-8-7-9-16(19)11-17(14-28)29-23/h7-11,18,20-21H,12-13,15H2,1-6H3,(H,33,34)/t18-,20-,21+/m1/s1. The monoisotopic (exact) mass is 495 g/mol. The van der Waals surface area contributed by atoms with Crippen molar-refractivity contribution >= 4 is 28.6 Å². The van der Waals surface area contributed by atoms with Crippen LogP contribution in [0.1, 0.15) is 60.1 Å². The SMILES string of the molecule is CC(C)(C)OC(=O)C[C@H](C(=O)N1C[C@H](Oc2nc(C#N)cc3ccccc23)C[C@H]1C(=O)O)C(C)(C)C. The van der Waals surface area contributed by atoms with Crippen LogP contribution in [-0.4, -0.2) is 57.1 Å². The molecule has 1 aromatic carbocycles. The minimum atomic E-state index is -1.15. The fourth-order valence-corrected chi connectivity index (χ4v) is 4.35. The second kappa shape index (κ2) is 10.1. The van der Waals surface area contributed by atoms with E-state index in [1.807, 2.05) is 51.1 Å². The lowest BCUT2D eigenvalue weighted by atomic mass is 9.77. The number of pyridine rings is 1. The van der Waals surface area contributed by atoms with E-state index in [1.165, 1.54) is 4.90 Å². The van der Waals surface area contributed by atoms with Gasteiger partial charge < -0.3 is 19.5 Å². The molecule has 2 aromatic rings. The number of esters is 1. The zero-order valence-electron chi connectivity index (χ0n) is 21.6. The summed E-state index contributed by atoms with van der Waals surface area (Å²) in [6, 6.07) is 9.84. The molecule has 0 saturated carbocycles. The number of nitrogens with zero attached hydrogens (tertiary/aromatic N) is 3. The molecule has 1 aliphatic rings.